The molecule has 0 fully saturated rings. The first-order valence-electron chi connectivity index (χ1n) is 5.65. The summed E-state index contributed by atoms with van der Waals surface area (Å²) in [4.78, 5) is 4.24. The average Bonchev–Trinajstić information content (AvgIpc) is 2.84. The number of halogens is 3. The van der Waals surface area contributed by atoms with Crippen LogP contribution in [0.15, 0.2) is 28.6 Å². The van der Waals surface area contributed by atoms with E-state index < -0.39 is 11.7 Å². The van der Waals surface area contributed by atoms with Crippen molar-refractivity contribution in [3.63, 3.8) is 0 Å². The second kappa shape index (κ2) is 5.92. The van der Waals surface area contributed by atoms with E-state index in [1.807, 2.05) is 0 Å². The van der Waals surface area contributed by atoms with Gasteiger partial charge in [0.1, 0.15) is 0 Å². The van der Waals surface area contributed by atoms with Gasteiger partial charge in [-0.3, -0.25) is 0 Å². The molecule has 7 heteroatoms. The first-order valence-corrected chi connectivity index (χ1v) is 7.40. The number of nitrogens with zero attached hydrogens (tertiary/aromatic N) is 2. The first kappa shape index (κ1) is 14.3. The van der Waals surface area contributed by atoms with Gasteiger partial charge in [-0.25, -0.2) is 4.98 Å². The summed E-state index contributed by atoms with van der Waals surface area (Å²) in [7, 11) is 0. The smallest absolute Gasteiger partial charge is 0.208 e. The number of aromatic nitrogens is 2. The van der Waals surface area contributed by atoms with Crippen LogP contribution in [0.5, 0.6) is 0 Å². The van der Waals surface area contributed by atoms with Crippen molar-refractivity contribution in [3.8, 4) is 11.4 Å². The van der Waals surface area contributed by atoms with E-state index >= 15 is 0 Å². The summed E-state index contributed by atoms with van der Waals surface area (Å²) in [6.07, 6.45) is -3.32. The molecule has 2 nitrogen and oxygen atoms in total. The molecule has 2 rings (SSSR count). The van der Waals surface area contributed by atoms with E-state index in [-0.39, 0.29) is 0 Å². The molecule has 0 unspecified atom stereocenters. The number of alkyl halides is 3. The van der Waals surface area contributed by atoms with Crippen LogP contribution in [0, 0.1) is 0 Å². The quantitative estimate of drug-likeness (QED) is 0.764. The van der Waals surface area contributed by atoms with E-state index in [1.54, 1.807) is 17.8 Å². The Hall–Kier alpha value is -1.08. The van der Waals surface area contributed by atoms with Crippen LogP contribution in [-0.2, 0) is 6.18 Å². The van der Waals surface area contributed by atoms with Gasteiger partial charge < -0.3 is 0 Å². The lowest BCUT2D eigenvalue weighted by molar-refractivity contribution is -0.137. The molecule has 1 aromatic carbocycles. The van der Waals surface area contributed by atoms with Crippen molar-refractivity contribution in [1.29, 1.82) is 0 Å². The number of benzene rings is 1. The third kappa shape index (κ3) is 3.70. The number of hydrogen-bond acceptors (Lipinski definition) is 4. The maximum atomic E-state index is 12.6. The molecule has 1 heterocycles. The fourth-order valence-electron chi connectivity index (χ4n) is 1.41. The number of hydrogen-bond donors (Lipinski definition) is 0. The molecule has 0 bridgehead atoms. The fraction of sp³-hybridized carbons (Fsp3) is 0.333. The fourth-order valence-corrected chi connectivity index (χ4v) is 2.95. The van der Waals surface area contributed by atoms with Crippen LogP contribution < -0.4 is 0 Å². The van der Waals surface area contributed by atoms with Crippen LogP contribution in [0.1, 0.15) is 18.9 Å². The van der Waals surface area contributed by atoms with Crippen LogP contribution >= 0.6 is 23.3 Å². The summed E-state index contributed by atoms with van der Waals surface area (Å²) in [5, 5.41) is 0. The van der Waals surface area contributed by atoms with E-state index in [0.29, 0.717) is 11.4 Å². The Morgan fingerprint density at radius 3 is 2.79 bits per heavy atom. The number of rotatable bonds is 4. The molecule has 0 N–H and O–H groups in total. The summed E-state index contributed by atoms with van der Waals surface area (Å²) >= 11 is 2.79. The predicted octanol–water partition coefficient (Wildman–Crippen LogP) is 4.73. The molecule has 0 saturated heterocycles. The van der Waals surface area contributed by atoms with Crippen molar-refractivity contribution in [2.75, 3.05) is 5.75 Å². The van der Waals surface area contributed by atoms with E-state index in [4.69, 9.17) is 0 Å². The molecule has 0 saturated carbocycles. The Morgan fingerprint density at radius 1 is 1.32 bits per heavy atom. The van der Waals surface area contributed by atoms with Crippen LogP contribution in [-0.4, -0.2) is 15.1 Å². The summed E-state index contributed by atoms with van der Waals surface area (Å²) in [6, 6.07) is 5.09. The summed E-state index contributed by atoms with van der Waals surface area (Å²) < 4.78 is 42.7. The monoisotopic (exact) mass is 304 g/mol. The molecular formula is C12H11F3N2S2. The van der Waals surface area contributed by atoms with Gasteiger partial charge in [-0.2, -0.15) is 17.5 Å². The molecule has 0 aliphatic carbocycles. The zero-order valence-electron chi connectivity index (χ0n) is 10.1. The Balaban J connectivity index is 2.24. The molecule has 19 heavy (non-hydrogen) atoms. The first-order chi connectivity index (χ1) is 9.00. The standard InChI is InChI=1S/C12H11F3N2S2/c1-2-6-18-11-16-10(17-19-11)8-4-3-5-9(7-8)12(13,14)15/h3-5,7H,2,6H2,1H3. The third-order valence-electron chi connectivity index (χ3n) is 2.29. The molecule has 0 aliphatic heterocycles. The van der Waals surface area contributed by atoms with Crippen molar-refractivity contribution < 1.29 is 13.2 Å². The van der Waals surface area contributed by atoms with Crippen LogP contribution in [0.2, 0.25) is 0 Å². The van der Waals surface area contributed by atoms with E-state index in [9.17, 15) is 13.2 Å². The summed E-state index contributed by atoms with van der Waals surface area (Å²) in [5.41, 5.74) is -0.281. The highest BCUT2D eigenvalue weighted by molar-refractivity contribution is 8.00. The molecule has 0 amide bonds. The van der Waals surface area contributed by atoms with Gasteiger partial charge in [0, 0.05) is 11.3 Å². The minimum atomic E-state index is -4.34. The van der Waals surface area contributed by atoms with Crippen molar-refractivity contribution in [2.24, 2.45) is 0 Å². The van der Waals surface area contributed by atoms with Gasteiger partial charge in [0.05, 0.1) is 5.56 Å². The predicted molar refractivity (Wildman–Crippen MR) is 71.4 cm³/mol. The van der Waals surface area contributed by atoms with Crippen molar-refractivity contribution in [2.45, 2.75) is 23.9 Å². The van der Waals surface area contributed by atoms with Crippen LogP contribution in [0.3, 0.4) is 0 Å². The normalized spacial score (nSPS) is 11.8. The minimum Gasteiger partial charge on any atom is -0.208 e. The molecule has 0 spiro atoms. The molecule has 0 radical (unpaired) electrons. The molecule has 2 aromatic rings. The summed E-state index contributed by atoms with van der Waals surface area (Å²) in [6.45, 7) is 2.06. The zero-order valence-corrected chi connectivity index (χ0v) is 11.7. The Labute approximate surface area is 117 Å². The van der Waals surface area contributed by atoms with Gasteiger partial charge in [0.15, 0.2) is 10.2 Å². The Morgan fingerprint density at radius 2 is 2.11 bits per heavy atom. The maximum absolute atomic E-state index is 12.6. The number of thioether (sulfide) groups is 1. The van der Waals surface area contributed by atoms with E-state index in [2.05, 4.69) is 16.3 Å². The molecule has 0 atom stereocenters. The lowest BCUT2D eigenvalue weighted by Gasteiger charge is -2.06. The van der Waals surface area contributed by atoms with Crippen molar-refractivity contribution in [3.05, 3.63) is 29.8 Å². The van der Waals surface area contributed by atoms with Crippen molar-refractivity contribution >= 4 is 23.3 Å². The van der Waals surface area contributed by atoms with Gasteiger partial charge >= 0.3 is 6.18 Å². The van der Waals surface area contributed by atoms with Crippen molar-refractivity contribution in [1.82, 2.24) is 9.36 Å². The maximum Gasteiger partial charge on any atom is 0.416 e. The second-order valence-corrected chi connectivity index (χ2v) is 5.90. The van der Waals surface area contributed by atoms with Crippen LogP contribution in [0.25, 0.3) is 11.4 Å². The van der Waals surface area contributed by atoms with E-state index in [0.717, 1.165) is 28.6 Å². The average molecular weight is 304 g/mol. The lowest BCUT2D eigenvalue weighted by atomic mass is 10.1. The highest BCUT2D eigenvalue weighted by Crippen LogP contribution is 2.32. The van der Waals surface area contributed by atoms with Gasteiger partial charge in [-0.05, 0) is 30.1 Å². The molecular weight excluding hydrogens is 293 g/mol. The van der Waals surface area contributed by atoms with Gasteiger partial charge in [-0.1, -0.05) is 30.8 Å². The molecule has 102 valence electrons. The zero-order chi connectivity index (χ0) is 13.9. The second-order valence-electron chi connectivity index (χ2n) is 3.81. The molecule has 1 aromatic heterocycles. The SMILES string of the molecule is CCCSc1nc(-c2cccc(C(F)(F)F)c2)ns1. The lowest BCUT2D eigenvalue weighted by Crippen LogP contribution is -2.04. The largest absolute Gasteiger partial charge is 0.416 e. The highest BCUT2D eigenvalue weighted by atomic mass is 32.2. The minimum absolute atomic E-state index is 0.356. The van der Waals surface area contributed by atoms with Crippen LogP contribution in [0.4, 0.5) is 13.2 Å². The van der Waals surface area contributed by atoms with Gasteiger partial charge in [0.25, 0.3) is 0 Å². The topological polar surface area (TPSA) is 25.8 Å². The summed E-state index contributed by atoms with van der Waals surface area (Å²) in [5.74, 6) is 1.28. The Bertz CT molecular complexity index is 552. The third-order valence-corrected chi connectivity index (χ3v) is 4.32. The van der Waals surface area contributed by atoms with E-state index in [1.165, 1.54) is 17.6 Å². The molecule has 0 aliphatic rings. The van der Waals surface area contributed by atoms with Gasteiger partial charge in [0.2, 0.25) is 0 Å². The highest BCUT2D eigenvalue weighted by Gasteiger charge is 2.30. The Kier molecular flexibility index (Phi) is 4.46. The van der Waals surface area contributed by atoms with Gasteiger partial charge in [-0.15, -0.1) is 0 Å².